The first-order chi connectivity index (χ1) is 8.33. The van der Waals surface area contributed by atoms with E-state index in [1.807, 2.05) is 12.3 Å². The van der Waals surface area contributed by atoms with Crippen LogP contribution in [0.25, 0.3) is 0 Å². The van der Waals surface area contributed by atoms with E-state index in [-0.39, 0.29) is 11.7 Å². The van der Waals surface area contributed by atoms with E-state index in [0.717, 1.165) is 14.0 Å². The Balaban J connectivity index is 2.19. The molecule has 1 aliphatic rings. The fourth-order valence-corrected chi connectivity index (χ4v) is 5.03. The zero-order chi connectivity index (χ0) is 13.5. The number of carbonyl (C=O) groups excluding carboxylic acids is 1. The van der Waals surface area contributed by atoms with Gasteiger partial charge in [-0.15, -0.1) is 11.3 Å². The summed E-state index contributed by atoms with van der Waals surface area (Å²) in [6.45, 7) is 4.24. The summed E-state index contributed by atoms with van der Waals surface area (Å²) in [7, 11) is -3.01. The summed E-state index contributed by atoms with van der Waals surface area (Å²) in [5.74, 6) is 0.0279. The second-order valence-corrected chi connectivity index (χ2v) is 8.99. The Morgan fingerprint density at radius 1 is 1.56 bits per heavy atom. The highest BCUT2D eigenvalue weighted by Crippen LogP contribution is 2.26. The van der Waals surface area contributed by atoms with Crippen molar-refractivity contribution < 1.29 is 13.2 Å². The summed E-state index contributed by atoms with van der Waals surface area (Å²) in [6.07, 6.45) is 0. The van der Waals surface area contributed by atoms with Gasteiger partial charge >= 0.3 is 0 Å². The number of halogens is 1. The summed E-state index contributed by atoms with van der Waals surface area (Å²) < 4.78 is 24.2. The van der Waals surface area contributed by atoms with Crippen molar-refractivity contribution in [2.24, 2.45) is 0 Å². The molecule has 0 saturated carbocycles. The zero-order valence-corrected chi connectivity index (χ0v) is 13.9. The van der Waals surface area contributed by atoms with Gasteiger partial charge in [0.25, 0.3) is 5.91 Å². The van der Waals surface area contributed by atoms with Crippen LogP contribution in [0.4, 0.5) is 0 Å². The maximum absolute atomic E-state index is 12.3. The van der Waals surface area contributed by atoms with Crippen LogP contribution in [-0.2, 0) is 9.84 Å². The van der Waals surface area contributed by atoms with Crippen molar-refractivity contribution >= 4 is 49.7 Å². The van der Waals surface area contributed by atoms with Gasteiger partial charge in [0.15, 0.2) is 9.84 Å². The van der Waals surface area contributed by atoms with Crippen molar-refractivity contribution in [3.63, 3.8) is 0 Å². The van der Waals surface area contributed by atoms with Gasteiger partial charge < -0.3 is 4.90 Å². The fourth-order valence-electron chi connectivity index (χ4n) is 1.86. The van der Waals surface area contributed by atoms with E-state index in [9.17, 15) is 13.2 Å². The first kappa shape index (κ1) is 14.3. The molecule has 1 aliphatic heterocycles. The molecule has 18 heavy (non-hydrogen) atoms. The molecular formula is C11H14INO3S2. The molecule has 4 nitrogen and oxygen atoms in total. The van der Waals surface area contributed by atoms with E-state index >= 15 is 0 Å². The second kappa shape index (κ2) is 5.09. The third kappa shape index (κ3) is 2.57. The molecule has 100 valence electrons. The first-order valence-electron chi connectivity index (χ1n) is 5.57. The molecule has 0 aromatic carbocycles. The monoisotopic (exact) mass is 399 g/mol. The van der Waals surface area contributed by atoms with Crippen molar-refractivity contribution in [1.82, 2.24) is 4.90 Å². The van der Waals surface area contributed by atoms with Crippen LogP contribution in [0.2, 0.25) is 0 Å². The SMILES string of the molecule is Cc1csc(C(=O)N2CCS(=O)(=O)C(C)C2)c1I. The predicted molar refractivity (Wildman–Crippen MR) is 80.9 cm³/mol. The minimum atomic E-state index is -3.01. The van der Waals surface area contributed by atoms with Crippen LogP contribution >= 0.6 is 33.9 Å². The van der Waals surface area contributed by atoms with Gasteiger partial charge in [-0.05, 0) is 47.4 Å². The van der Waals surface area contributed by atoms with Crippen molar-refractivity contribution in [3.8, 4) is 0 Å². The molecule has 1 amide bonds. The minimum absolute atomic E-state index is 0.0424. The summed E-state index contributed by atoms with van der Waals surface area (Å²) in [5, 5.41) is 1.49. The molecule has 1 fully saturated rings. The maximum atomic E-state index is 12.3. The molecule has 7 heteroatoms. The van der Waals surface area contributed by atoms with Gasteiger partial charge in [0, 0.05) is 16.7 Å². The highest BCUT2D eigenvalue weighted by Gasteiger charge is 2.33. The molecule has 1 saturated heterocycles. The summed E-state index contributed by atoms with van der Waals surface area (Å²) in [5.41, 5.74) is 1.10. The predicted octanol–water partition coefficient (Wildman–Crippen LogP) is 1.92. The molecule has 2 heterocycles. The van der Waals surface area contributed by atoms with Crippen LogP contribution in [0, 0.1) is 10.5 Å². The third-order valence-corrected chi connectivity index (χ3v) is 8.09. The van der Waals surface area contributed by atoms with Crippen molar-refractivity contribution in [3.05, 3.63) is 19.4 Å². The topological polar surface area (TPSA) is 54.5 Å². The number of nitrogens with zero attached hydrogens (tertiary/aromatic N) is 1. The molecule has 0 aliphatic carbocycles. The van der Waals surface area contributed by atoms with Gasteiger partial charge in [0.2, 0.25) is 0 Å². The van der Waals surface area contributed by atoms with Gasteiger partial charge in [-0.2, -0.15) is 0 Å². The fraction of sp³-hybridized carbons (Fsp3) is 0.545. The first-order valence-corrected chi connectivity index (χ1v) is 9.24. The smallest absolute Gasteiger partial charge is 0.265 e. The second-order valence-electron chi connectivity index (χ2n) is 4.49. The lowest BCUT2D eigenvalue weighted by Crippen LogP contribution is -2.48. The number of sulfone groups is 1. The van der Waals surface area contributed by atoms with Gasteiger partial charge in [0.05, 0.1) is 11.0 Å². The molecular weight excluding hydrogens is 385 g/mol. The molecule has 0 spiro atoms. The van der Waals surface area contributed by atoms with Crippen molar-refractivity contribution in [1.29, 1.82) is 0 Å². The molecule has 1 unspecified atom stereocenters. The van der Waals surface area contributed by atoms with Gasteiger partial charge in [-0.1, -0.05) is 0 Å². The summed E-state index contributed by atoms with van der Waals surface area (Å²) in [6, 6.07) is 0. The van der Waals surface area contributed by atoms with E-state index in [0.29, 0.717) is 13.1 Å². The highest BCUT2D eigenvalue weighted by molar-refractivity contribution is 14.1. The molecule has 2 rings (SSSR count). The Hall–Kier alpha value is -0.150. The van der Waals surface area contributed by atoms with E-state index < -0.39 is 15.1 Å². The summed E-state index contributed by atoms with van der Waals surface area (Å²) >= 11 is 3.60. The van der Waals surface area contributed by atoms with Crippen molar-refractivity contribution in [2.45, 2.75) is 19.1 Å². The van der Waals surface area contributed by atoms with Gasteiger partial charge in [-0.3, -0.25) is 4.79 Å². The van der Waals surface area contributed by atoms with Crippen molar-refractivity contribution in [2.75, 3.05) is 18.8 Å². The minimum Gasteiger partial charge on any atom is -0.336 e. The Labute approximate surface area is 124 Å². The van der Waals surface area contributed by atoms with E-state index in [2.05, 4.69) is 22.6 Å². The van der Waals surface area contributed by atoms with Crippen LogP contribution in [0.5, 0.6) is 0 Å². The van der Waals surface area contributed by atoms with Crippen LogP contribution in [0.15, 0.2) is 5.38 Å². The summed E-state index contributed by atoms with van der Waals surface area (Å²) in [4.78, 5) is 14.7. The number of rotatable bonds is 1. The maximum Gasteiger partial charge on any atom is 0.265 e. The molecule has 0 radical (unpaired) electrons. The van der Waals surface area contributed by atoms with Gasteiger partial charge in [-0.25, -0.2) is 8.42 Å². The van der Waals surface area contributed by atoms with Crippen LogP contribution in [0.3, 0.4) is 0 Å². The van der Waals surface area contributed by atoms with E-state index in [1.54, 1.807) is 11.8 Å². The van der Waals surface area contributed by atoms with E-state index in [4.69, 9.17) is 0 Å². The lowest BCUT2D eigenvalue weighted by molar-refractivity contribution is 0.0764. The largest absolute Gasteiger partial charge is 0.336 e. The van der Waals surface area contributed by atoms with Gasteiger partial charge in [0.1, 0.15) is 4.88 Å². The molecule has 1 atom stereocenters. The average Bonchev–Trinajstić information content (AvgIpc) is 2.63. The quantitative estimate of drug-likeness (QED) is 0.679. The number of carbonyl (C=O) groups is 1. The number of thiophene rings is 1. The zero-order valence-electron chi connectivity index (χ0n) is 10.1. The molecule has 0 N–H and O–H groups in total. The Kier molecular flexibility index (Phi) is 4.03. The van der Waals surface area contributed by atoms with Crippen LogP contribution < -0.4 is 0 Å². The Bertz CT molecular complexity index is 579. The normalized spacial score (nSPS) is 23.1. The third-order valence-electron chi connectivity index (χ3n) is 3.12. The lowest BCUT2D eigenvalue weighted by atomic mass is 10.3. The number of hydrogen-bond donors (Lipinski definition) is 0. The van der Waals surface area contributed by atoms with Crippen LogP contribution in [0.1, 0.15) is 22.2 Å². The molecule has 0 bridgehead atoms. The Morgan fingerprint density at radius 3 is 2.72 bits per heavy atom. The standard InChI is InChI=1S/C11H14INO3S2/c1-7-6-17-10(9(7)12)11(14)13-3-4-18(15,16)8(2)5-13/h6,8H,3-5H2,1-2H3. The highest BCUT2D eigenvalue weighted by atomic mass is 127. The number of aryl methyl sites for hydroxylation is 1. The average molecular weight is 399 g/mol. The van der Waals surface area contributed by atoms with Crippen LogP contribution in [-0.4, -0.2) is 43.3 Å². The lowest BCUT2D eigenvalue weighted by Gasteiger charge is -2.30. The molecule has 1 aromatic rings. The number of hydrogen-bond acceptors (Lipinski definition) is 4. The molecule has 1 aromatic heterocycles. The van der Waals surface area contributed by atoms with E-state index in [1.165, 1.54) is 11.3 Å². The Morgan fingerprint density at radius 2 is 2.22 bits per heavy atom. The number of amides is 1.